The summed E-state index contributed by atoms with van der Waals surface area (Å²) in [6.07, 6.45) is 0. The third-order valence-corrected chi connectivity index (χ3v) is 4.66. The van der Waals surface area contributed by atoms with Gasteiger partial charge in [-0.3, -0.25) is 0 Å². The second-order valence-corrected chi connectivity index (χ2v) is 6.09. The molecule has 1 atom stereocenters. The van der Waals surface area contributed by atoms with Gasteiger partial charge in [-0.25, -0.2) is 0 Å². The number of hydrogen-bond donors (Lipinski definition) is 0. The Morgan fingerprint density at radius 2 is 1.24 bits per heavy atom. The van der Waals surface area contributed by atoms with Crippen LogP contribution in [0, 0.1) is 27.7 Å². The van der Waals surface area contributed by atoms with Gasteiger partial charge in [0.05, 0.1) is 0 Å². The van der Waals surface area contributed by atoms with E-state index in [0.29, 0.717) is 0 Å². The molecule has 0 N–H and O–H groups in total. The maximum Gasteiger partial charge on any atom is -0.0168 e. The van der Waals surface area contributed by atoms with Gasteiger partial charge in [0, 0.05) is 0 Å². The summed E-state index contributed by atoms with van der Waals surface area (Å²) < 4.78 is 0. The fourth-order valence-electron chi connectivity index (χ4n) is 2.16. The lowest BCUT2D eigenvalue weighted by atomic mass is 10.1. The second-order valence-electron chi connectivity index (χ2n) is 4.76. The fraction of sp³-hybridized carbons (Fsp3) is 0.250. The van der Waals surface area contributed by atoms with E-state index in [0.717, 1.165) is 8.58 Å². The lowest BCUT2D eigenvalue weighted by Crippen LogP contribution is -2.10. The van der Waals surface area contributed by atoms with Gasteiger partial charge in [0.2, 0.25) is 0 Å². The molecule has 0 bridgehead atoms. The van der Waals surface area contributed by atoms with Gasteiger partial charge >= 0.3 is 0 Å². The summed E-state index contributed by atoms with van der Waals surface area (Å²) >= 11 is 0. The van der Waals surface area contributed by atoms with Crippen LogP contribution in [-0.2, 0) is 0 Å². The number of aryl methyl sites for hydroxylation is 4. The molecule has 2 aromatic carbocycles. The molecule has 0 radical (unpaired) electrons. The Kier molecular flexibility index (Phi) is 3.64. The van der Waals surface area contributed by atoms with Crippen LogP contribution in [-0.4, -0.2) is 0 Å². The molecule has 2 rings (SSSR count). The van der Waals surface area contributed by atoms with Gasteiger partial charge in [-0.1, -0.05) is 56.1 Å². The van der Waals surface area contributed by atoms with Crippen molar-refractivity contribution in [1.82, 2.24) is 0 Å². The minimum atomic E-state index is 0.767. The molecule has 1 unspecified atom stereocenters. The van der Waals surface area contributed by atoms with E-state index in [1.165, 1.54) is 32.9 Å². The van der Waals surface area contributed by atoms with E-state index < -0.39 is 0 Å². The Hall–Kier alpha value is -1.13. The zero-order valence-corrected chi connectivity index (χ0v) is 12.0. The lowest BCUT2D eigenvalue weighted by Gasteiger charge is -2.11. The molecule has 0 aliphatic carbocycles. The highest BCUT2D eigenvalue weighted by atomic mass is 31.1. The van der Waals surface area contributed by atoms with E-state index in [2.05, 4.69) is 64.1 Å². The van der Waals surface area contributed by atoms with Gasteiger partial charge in [-0.2, -0.15) is 0 Å². The predicted octanol–water partition coefficient (Wildman–Crippen LogP) is 3.55. The van der Waals surface area contributed by atoms with Gasteiger partial charge in [-0.05, 0) is 49.4 Å². The molecule has 88 valence electrons. The molecular formula is C16H19P. The van der Waals surface area contributed by atoms with Gasteiger partial charge < -0.3 is 0 Å². The molecule has 0 heterocycles. The van der Waals surface area contributed by atoms with Crippen molar-refractivity contribution in [2.45, 2.75) is 27.7 Å². The van der Waals surface area contributed by atoms with Crippen LogP contribution in [0.25, 0.3) is 0 Å². The molecule has 0 fully saturated rings. The molecule has 0 aliphatic heterocycles. The third kappa shape index (κ3) is 2.96. The van der Waals surface area contributed by atoms with Crippen molar-refractivity contribution in [3.05, 3.63) is 58.7 Å². The summed E-state index contributed by atoms with van der Waals surface area (Å²) in [6.45, 7) is 8.74. The van der Waals surface area contributed by atoms with Crippen LogP contribution >= 0.6 is 8.58 Å². The highest BCUT2D eigenvalue weighted by molar-refractivity contribution is 7.55. The van der Waals surface area contributed by atoms with Crippen LogP contribution in [0.4, 0.5) is 0 Å². The Bertz CT molecular complexity index is 501. The topological polar surface area (TPSA) is 0 Å². The highest BCUT2D eigenvalue weighted by Gasteiger charge is 2.04. The molecule has 0 aromatic heterocycles. The molecule has 17 heavy (non-hydrogen) atoms. The predicted molar refractivity (Wildman–Crippen MR) is 79.4 cm³/mol. The SMILES string of the molecule is Cc1ccc(Pc2c(C)cc(C)cc2C)cc1. The maximum atomic E-state index is 2.28. The van der Waals surface area contributed by atoms with Crippen molar-refractivity contribution in [1.29, 1.82) is 0 Å². The standard InChI is InChI=1S/C16H19P/c1-11-5-7-15(8-6-11)17-16-13(3)9-12(2)10-14(16)4/h5-10,17H,1-4H3. The van der Waals surface area contributed by atoms with Crippen molar-refractivity contribution in [2.24, 2.45) is 0 Å². The molecule has 0 amide bonds. The van der Waals surface area contributed by atoms with E-state index in [-0.39, 0.29) is 0 Å². The van der Waals surface area contributed by atoms with Crippen molar-refractivity contribution in [3.8, 4) is 0 Å². The maximum absolute atomic E-state index is 2.28. The Balaban J connectivity index is 2.33. The monoisotopic (exact) mass is 242 g/mol. The average Bonchev–Trinajstić information content (AvgIpc) is 2.26. The van der Waals surface area contributed by atoms with Crippen LogP contribution in [0.5, 0.6) is 0 Å². The Morgan fingerprint density at radius 1 is 0.706 bits per heavy atom. The molecule has 1 heteroatoms. The molecule has 0 saturated heterocycles. The Labute approximate surface area is 106 Å². The largest absolute Gasteiger partial charge is 0.0587 e. The smallest absolute Gasteiger partial charge is 0.0168 e. The van der Waals surface area contributed by atoms with E-state index in [4.69, 9.17) is 0 Å². The quantitative estimate of drug-likeness (QED) is 0.706. The molecule has 2 aromatic rings. The first-order chi connectivity index (χ1) is 8.06. The summed E-state index contributed by atoms with van der Waals surface area (Å²) in [6, 6.07) is 13.4. The van der Waals surface area contributed by atoms with Crippen molar-refractivity contribution in [2.75, 3.05) is 0 Å². The minimum absolute atomic E-state index is 0.767. The van der Waals surface area contributed by atoms with Crippen molar-refractivity contribution in [3.63, 3.8) is 0 Å². The second kappa shape index (κ2) is 5.02. The molecule has 0 aliphatic rings. The van der Waals surface area contributed by atoms with Crippen molar-refractivity contribution < 1.29 is 0 Å². The van der Waals surface area contributed by atoms with Gasteiger partial charge in [0.15, 0.2) is 0 Å². The fourth-order valence-corrected chi connectivity index (χ4v) is 3.32. The molecule has 0 spiro atoms. The summed E-state index contributed by atoms with van der Waals surface area (Å²) in [4.78, 5) is 0. The van der Waals surface area contributed by atoms with E-state index in [9.17, 15) is 0 Å². The van der Waals surface area contributed by atoms with Crippen LogP contribution < -0.4 is 10.6 Å². The number of rotatable bonds is 2. The van der Waals surface area contributed by atoms with Crippen molar-refractivity contribution >= 4 is 19.2 Å². The lowest BCUT2D eigenvalue weighted by molar-refractivity contribution is 1.36. The van der Waals surface area contributed by atoms with Gasteiger partial charge in [0.25, 0.3) is 0 Å². The zero-order valence-electron chi connectivity index (χ0n) is 11.0. The molecule has 0 saturated carbocycles. The Morgan fingerprint density at radius 3 is 1.76 bits per heavy atom. The summed E-state index contributed by atoms with van der Waals surface area (Å²) in [5.74, 6) is 0. The van der Waals surface area contributed by atoms with E-state index in [1.54, 1.807) is 0 Å². The minimum Gasteiger partial charge on any atom is -0.0587 e. The van der Waals surface area contributed by atoms with Crippen LogP contribution in [0.2, 0.25) is 0 Å². The molecule has 0 nitrogen and oxygen atoms in total. The summed E-state index contributed by atoms with van der Waals surface area (Å²) in [7, 11) is 0.767. The van der Waals surface area contributed by atoms with E-state index in [1.807, 2.05) is 0 Å². The average molecular weight is 242 g/mol. The number of benzene rings is 2. The van der Waals surface area contributed by atoms with Gasteiger partial charge in [0.1, 0.15) is 0 Å². The van der Waals surface area contributed by atoms with Crippen LogP contribution in [0.1, 0.15) is 22.3 Å². The third-order valence-electron chi connectivity index (χ3n) is 3.00. The number of hydrogen-bond acceptors (Lipinski definition) is 0. The summed E-state index contributed by atoms with van der Waals surface area (Å²) in [5.41, 5.74) is 5.52. The first kappa shape index (κ1) is 12.3. The van der Waals surface area contributed by atoms with Crippen LogP contribution in [0.15, 0.2) is 36.4 Å². The zero-order chi connectivity index (χ0) is 12.4. The summed E-state index contributed by atoms with van der Waals surface area (Å²) in [5, 5.41) is 2.92. The molecular weight excluding hydrogens is 223 g/mol. The van der Waals surface area contributed by atoms with E-state index >= 15 is 0 Å². The van der Waals surface area contributed by atoms with Gasteiger partial charge in [-0.15, -0.1) is 0 Å². The highest BCUT2D eigenvalue weighted by Crippen LogP contribution is 2.18. The normalized spacial score (nSPS) is 11.3. The first-order valence-corrected chi connectivity index (χ1v) is 6.98. The first-order valence-electron chi connectivity index (χ1n) is 5.98. The van der Waals surface area contributed by atoms with Crippen LogP contribution in [0.3, 0.4) is 0 Å².